The van der Waals surface area contributed by atoms with Gasteiger partial charge in [0.1, 0.15) is 10.7 Å². The minimum Gasteiger partial charge on any atom is -0.478 e. The second-order valence-corrected chi connectivity index (χ2v) is 8.84. The van der Waals surface area contributed by atoms with Crippen molar-refractivity contribution >= 4 is 46.7 Å². The van der Waals surface area contributed by atoms with E-state index >= 15 is 0 Å². The summed E-state index contributed by atoms with van der Waals surface area (Å²) in [5, 5.41) is 13.9. The largest absolute Gasteiger partial charge is 0.478 e. The second-order valence-electron chi connectivity index (χ2n) is 8.46. The number of nitrogens with zero attached hydrogens (tertiary/aromatic N) is 1. The van der Waals surface area contributed by atoms with Crippen LogP contribution in [0.4, 0.5) is 24.5 Å². The Hall–Kier alpha value is -4.64. The van der Waals surface area contributed by atoms with E-state index in [0.717, 1.165) is 17.7 Å². The van der Waals surface area contributed by atoms with Crippen molar-refractivity contribution < 1.29 is 37.5 Å². The highest BCUT2D eigenvalue weighted by Gasteiger charge is 2.40. The first-order chi connectivity index (χ1) is 18.4. The third-order valence-corrected chi connectivity index (χ3v) is 6.09. The van der Waals surface area contributed by atoms with E-state index in [2.05, 4.69) is 10.6 Å². The summed E-state index contributed by atoms with van der Waals surface area (Å²) in [7, 11) is 0. The number of carboxylic acid groups (broad SMARTS) is 1. The van der Waals surface area contributed by atoms with Crippen LogP contribution in [0.15, 0.2) is 83.5 Å². The number of imide groups is 1. The zero-order valence-electron chi connectivity index (χ0n) is 19.9. The molecule has 0 bridgehead atoms. The van der Waals surface area contributed by atoms with E-state index in [1.165, 1.54) is 18.2 Å². The average Bonchev–Trinajstić information content (AvgIpc) is 3.11. The fourth-order valence-corrected chi connectivity index (χ4v) is 3.94. The number of halogens is 4. The van der Waals surface area contributed by atoms with Gasteiger partial charge in [0.25, 0.3) is 11.8 Å². The maximum Gasteiger partial charge on any atom is 0.416 e. The van der Waals surface area contributed by atoms with Gasteiger partial charge in [-0.3, -0.25) is 14.4 Å². The predicted octanol–water partition coefficient (Wildman–Crippen LogP) is 4.70. The first kappa shape index (κ1) is 27.4. The Kier molecular flexibility index (Phi) is 7.73. The van der Waals surface area contributed by atoms with E-state index in [-0.39, 0.29) is 35.8 Å². The van der Waals surface area contributed by atoms with Crippen molar-refractivity contribution in [3.05, 3.63) is 106 Å². The number of amides is 3. The molecule has 3 N–H and O–H groups in total. The molecule has 1 aliphatic rings. The van der Waals surface area contributed by atoms with Gasteiger partial charge in [-0.2, -0.15) is 13.2 Å². The van der Waals surface area contributed by atoms with Crippen molar-refractivity contribution in [1.82, 2.24) is 5.32 Å². The van der Waals surface area contributed by atoms with E-state index in [1.807, 2.05) is 0 Å². The highest BCUT2D eigenvalue weighted by molar-refractivity contribution is 6.53. The number of carbonyl (C=O) groups excluding carboxylic acids is 3. The lowest BCUT2D eigenvalue weighted by molar-refractivity contribution is -0.137. The van der Waals surface area contributed by atoms with Crippen LogP contribution in [0.2, 0.25) is 0 Å². The third kappa shape index (κ3) is 6.27. The SMILES string of the molecule is O=C(Cc1ccc(NC2=C(Cl)C(=O)N(c3cccc(C(F)(F)F)c3)C2=O)cc1)NCc1ccc(C(=O)O)cc1. The molecule has 3 aromatic rings. The van der Waals surface area contributed by atoms with Crippen LogP contribution in [0, 0.1) is 0 Å². The van der Waals surface area contributed by atoms with E-state index in [1.54, 1.807) is 36.4 Å². The van der Waals surface area contributed by atoms with Crippen molar-refractivity contribution in [2.75, 3.05) is 10.2 Å². The van der Waals surface area contributed by atoms with E-state index in [4.69, 9.17) is 16.7 Å². The summed E-state index contributed by atoms with van der Waals surface area (Å²) >= 11 is 6.06. The lowest BCUT2D eigenvalue weighted by atomic mass is 10.1. The van der Waals surface area contributed by atoms with Crippen LogP contribution in [0.25, 0.3) is 0 Å². The van der Waals surface area contributed by atoms with Crippen LogP contribution in [-0.4, -0.2) is 28.8 Å². The van der Waals surface area contributed by atoms with E-state index in [9.17, 15) is 32.3 Å². The molecule has 3 amide bonds. The first-order valence-corrected chi connectivity index (χ1v) is 11.7. The minimum atomic E-state index is -4.66. The van der Waals surface area contributed by atoms with Crippen molar-refractivity contribution in [1.29, 1.82) is 0 Å². The summed E-state index contributed by atoms with van der Waals surface area (Å²) in [5.41, 5.74) is 0.286. The molecule has 200 valence electrons. The molecule has 12 heteroatoms. The molecular formula is C27H19ClF3N3O5. The summed E-state index contributed by atoms with van der Waals surface area (Å²) < 4.78 is 39.2. The van der Waals surface area contributed by atoms with Crippen molar-refractivity contribution in [2.24, 2.45) is 0 Å². The quantitative estimate of drug-likeness (QED) is 0.346. The second kappa shape index (κ2) is 11.0. The third-order valence-electron chi connectivity index (χ3n) is 5.74. The zero-order chi connectivity index (χ0) is 28.3. The molecule has 8 nitrogen and oxygen atoms in total. The van der Waals surface area contributed by atoms with Gasteiger partial charge < -0.3 is 15.7 Å². The molecule has 0 atom stereocenters. The van der Waals surface area contributed by atoms with Crippen LogP contribution >= 0.6 is 11.6 Å². The number of hydrogen-bond donors (Lipinski definition) is 3. The van der Waals surface area contributed by atoms with Gasteiger partial charge in [0.05, 0.1) is 23.2 Å². The van der Waals surface area contributed by atoms with Gasteiger partial charge in [-0.05, 0) is 53.6 Å². The molecule has 0 radical (unpaired) electrons. The van der Waals surface area contributed by atoms with E-state index < -0.39 is 34.6 Å². The molecule has 0 saturated carbocycles. The van der Waals surface area contributed by atoms with Crippen LogP contribution < -0.4 is 15.5 Å². The molecular weight excluding hydrogens is 539 g/mol. The fourth-order valence-electron chi connectivity index (χ4n) is 3.73. The standard InChI is InChI=1S/C27H19ClF3N3O5/c28-22-23(25(37)34(24(22)36)20-3-1-2-18(13-20)27(29,30)31)33-19-10-6-15(7-11-19)12-21(35)32-14-16-4-8-17(9-5-16)26(38)39/h1-11,13,33H,12,14H2,(H,32,35)(H,38,39). The topological polar surface area (TPSA) is 116 Å². The number of nitrogens with one attached hydrogen (secondary N) is 2. The fraction of sp³-hybridized carbons (Fsp3) is 0.111. The Morgan fingerprint density at radius 1 is 0.897 bits per heavy atom. The molecule has 0 aliphatic carbocycles. The summed E-state index contributed by atoms with van der Waals surface area (Å²) in [6.45, 7) is 0.212. The molecule has 1 aliphatic heterocycles. The lowest BCUT2D eigenvalue weighted by Gasteiger charge is -2.17. The molecule has 0 aromatic heterocycles. The van der Waals surface area contributed by atoms with Crippen LogP contribution in [0.5, 0.6) is 0 Å². The average molecular weight is 558 g/mol. The smallest absolute Gasteiger partial charge is 0.416 e. The highest BCUT2D eigenvalue weighted by Crippen LogP contribution is 2.35. The Labute approximate surface area is 224 Å². The number of benzene rings is 3. The Balaban J connectivity index is 1.37. The molecule has 0 fully saturated rings. The van der Waals surface area contributed by atoms with Crippen LogP contribution in [-0.2, 0) is 33.5 Å². The summed E-state index contributed by atoms with van der Waals surface area (Å²) in [6, 6.07) is 16.2. The molecule has 0 saturated heterocycles. The van der Waals surface area contributed by atoms with Gasteiger partial charge in [0, 0.05) is 12.2 Å². The van der Waals surface area contributed by atoms with Crippen LogP contribution in [0.1, 0.15) is 27.0 Å². The normalized spacial score (nSPS) is 13.6. The van der Waals surface area contributed by atoms with Gasteiger partial charge in [-0.25, -0.2) is 9.69 Å². The summed E-state index contributed by atoms with van der Waals surface area (Å²) in [4.78, 5) is 49.2. The predicted molar refractivity (Wildman–Crippen MR) is 136 cm³/mol. The molecule has 39 heavy (non-hydrogen) atoms. The van der Waals surface area contributed by atoms with Gasteiger partial charge in [-0.1, -0.05) is 41.9 Å². The number of carbonyl (C=O) groups is 4. The molecule has 0 unspecified atom stereocenters. The maximum absolute atomic E-state index is 13.1. The van der Waals surface area contributed by atoms with Crippen molar-refractivity contribution in [3.8, 4) is 0 Å². The van der Waals surface area contributed by atoms with Crippen molar-refractivity contribution in [2.45, 2.75) is 19.1 Å². The number of aromatic carboxylic acids is 1. The number of rotatable bonds is 8. The van der Waals surface area contributed by atoms with Crippen molar-refractivity contribution in [3.63, 3.8) is 0 Å². The Morgan fingerprint density at radius 2 is 1.54 bits per heavy atom. The molecule has 0 spiro atoms. The Bertz CT molecular complexity index is 1490. The van der Waals surface area contributed by atoms with Gasteiger partial charge in [0.15, 0.2) is 0 Å². The van der Waals surface area contributed by atoms with Crippen LogP contribution in [0.3, 0.4) is 0 Å². The van der Waals surface area contributed by atoms with E-state index in [0.29, 0.717) is 22.2 Å². The zero-order valence-corrected chi connectivity index (χ0v) is 20.6. The van der Waals surface area contributed by atoms with Gasteiger partial charge in [0.2, 0.25) is 5.91 Å². The summed E-state index contributed by atoms with van der Waals surface area (Å²) in [5.74, 6) is -3.20. The lowest BCUT2D eigenvalue weighted by Crippen LogP contribution is -2.32. The minimum absolute atomic E-state index is 0.0394. The number of carboxylic acids is 1. The summed E-state index contributed by atoms with van der Waals surface area (Å²) in [6.07, 6.45) is -4.62. The Morgan fingerprint density at radius 3 is 2.15 bits per heavy atom. The number of alkyl halides is 3. The van der Waals surface area contributed by atoms with Gasteiger partial charge in [-0.15, -0.1) is 0 Å². The number of hydrogen-bond acceptors (Lipinski definition) is 5. The highest BCUT2D eigenvalue weighted by atomic mass is 35.5. The molecule has 1 heterocycles. The first-order valence-electron chi connectivity index (χ1n) is 11.3. The monoisotopic (exact) mass is 557 g/mol. The maximum atomic E-state index is 13.1. The van der Waals surface area contributed by atoms with Gasteiger partial charge >= 0.3 is 12.1 Å². The molecule has 4 rings (SSSR count). The number of anilines is 2. The molecule has 3 aromatic carbocycles.